The van der Waals surface area contributed by atoms with Gasteiger partial charge in [-0.1, -0.05) is 37.6 Å². The number of hydrogen-bond acceptors (Lipinski definition) is 4. The molecule has 23 heavy (non-hydrogen) atoms. The van der Waals surface area contributed by atoms with Crippen molar-refractivity contribution in [1.82, 2.24) is 0 Å². The Hall–Kier alpha value is -2.34. The summed E-state index contributed by atoms with van der Waals surface area (Å²) < 4.78 is 32.2. The van der Waals surface area contributed by atoms with Crippen molar-refractivity contribution in [3.8, 4) is 0 Å². The van der Waals surface area contributed by atoms with Crippen LogP contribution in [0.3, 0.4) is 0 Å². The van der Waals surface area contributed by atoms with Gasteiger partial charge in [-0.3, -0.25) is 4.72 Å². The second-order valence-electron chi connectivity index (χ2n) is 5.04. The summed E-state index contributed by atoms with van der Waals surface area (Å²) >= 11 is 0. The van der Waals surface area contributed by atoms with Gasteiger partial charge in [0.05, 0.1) is 12.7 Å². The number of nitrogens with one attached hydrogen (secondary N) is 1. The molecule has 0 aliphatic carbocycles. The Morgan fingerprint density at radius 2 is 1.74 bits per heavy atom. The minimum absolute atomic E-state index is 0.00473. The van der Waals surface area contributed by atoms with E-state index in [2.05, 4.69) is 16.4 Å². The number of ether oxygens (including phenoxy) is 1. The first kappa shape index (κ1) is 17.0. The Kier molecular flexibility index (Phi) is 5.39. The smallest absolute Gasteiger partial charge is 0.339 e. The number of carbonyl (C=O) groups excluding carboxylic acids is 1. The summed E-state index contributed by atoms with van der Waals surface area (Å²) in [7, 11) is -2.66. The van der Waals surface area contributed by atoms with Crippen LogP contribution in [0.5, 0.6) is 0 Å². The molecular weight excluding hydrogens is 314 g/mol. The summed E-state index contributed by atoms with van der Waals surface area (Å²) in [6, 6.07) is 13.1. The lowest BCUT2D eigenvalue weighted by atomic mass is 10.1. The Bertz CT molecular complexity index is 782. The first-order chi connectivity index (χ1) is 11.0. The van der Waals surface area contributed by atoms with Crippen molar-refractivity contribution in [3.05, 3.63) is 59.7 Å². The van der Waals surface area contributed by atoms with Crippen LogP contribution in [0.1, 0.15) is 29.3 Å². The topological polar surface area (TPSA) is 72.5 Å². The lowest BCUT2D eigenvalue weighted by Gasteiger charge is -2.11. The SMILES string of the molecule is CCCc1ccc(NS(=O)(=O)c2ccccc2C(=O)OC)cc1. The highest BCUT2D eigenvalue weighted by Gasteiger charge is 2.22. The molecule has 0 aliphatic rings. The summed E-state index contributed by atoms with van der Waals surface area (Å²) in [6.07, 6.45) is 1.97. The van der Waals surface area contributed by atoms with Crippen LogP contribution in [-0.2, 0) is 21.2 Å². The van der Waals surface area contributed by atoms with Gasteiger partial charge in [0.15, 0.2) is 0 Å². The lowest BCUT2D eigenvalue weighted by molar-refractivity contribution is 0.0596. The normalized spacial score (nSPS) is 11.0. The van der Waals surface area contributed by atoms with E-state index >= 15 is 0 Å². The van der Waals surface area contributed by atoms with Gasteiger partial charge in [-0.25, -0.2) is 13.2 Å². The molecule has 0 spiro atoms. The van der Waals surface area contributed by atoms with Crippen LogP contribution < -0.4 is 4.72 Å². The van der Waals surface area contributed by atoms with Crippen molar-refractivity contribution in [2.24, 2.45) is 0 Å². The summed E-state index contributed by atoms with van der Waals surface area (Å²) in [4.78, 5) is 11.6. The number of anilines is 1. The predicted molar refractivity (Wildman–Crippen MR) is 89.0 cm³/mol. The van der Waals surface area contributed by atoms with Crippen LogP contribution in [0, 0.1) is 0 Å². The zero-order valence-electron chi connectivity index (χ0n) is 13.1. The number of rotatable bonds is 6. The van der Waals surface area contributed by atoms with E-state index in [1.165, 1.54) is 19.2 Å². The number of aryl methyl sites for hydroxylation is 1. The summed E-state index contributed by atoms with van der Waals surface area (Å²) in [6.45, 7) is 2.08. The largest absolute Gasteiger partial charge is 0.465 e. The van der Waals surface area contributed by atoms with Crippen molar-refractivity contribution in [3.63, 3.8) is 0 Å². The zero-order chi connectivity index (χ0) is 16.9. The second kappa shape index (κ2) is 7.28. The minimum atomic E-state index is -3.88. The van der Waals surface area contributed by atoms with Crippen molar-refractivity contribution >= 4 is 21.7 Å². The van der Waals surface area contributed by atoms with E-state index in [9.17, 15) is 13.2 Å². The molecule has 0 aliphatic heterocycles. The minimum Gasteiger partial charge on any atom is -0.465 e. The maximum Gasteiger partial charge on any atom is 0.339 e. The molecule has 0 saturated heterocycles. The van der Waals surface area contributed by atoms with E-state index in [0.717, 1.165) is 18.4 Å². The molecule has 0 radical (unpaired) electrons. The monoisotopic (exact) mass is 333 g/mol. The van der Waals surface area contributed by atoms with Crippen molar-refractivity contribution in [2.45, 2.75) is 24.7 Å². The van der Waals surface area contributed by atoms with Crippen LogP contribution in [0.4, 0.5) is 5.69 Å². The molecule has 0 saturated carbocycles. The van der Waals surface area contributed by atoms with Gasteiger partial charge in [0.2, 0.25) is 0 Å². The van der Waals surface area contributed by atoms with Crippen molar-refractivity contribution in [1.29, 1.82) is 0 Å². The molecule has 2 aromatic rings. The number of carbonyl (C=O) groups is 1. The molecule has 0 unspecified atom stereocenters. The third-order valence-corrected chi connectivity index (χ3v) is 4.77. The van der Waals surface area contributed by atoms with Gasteiger partial charge in [-0.05, 0) is 36.2 Å². The van der Waals surface area contributed by atoms with Crippen LogP contribution in [0.2, 0.25) is 0 Å². The van der Waals surface area contributed by atoms with Crippen LogP contribution in [-0.4, -0.2) is 21.5 Å². The van der Waals surface area contributed by atoms with Crippen molar-refractivity contribution in [2.75, 3.05) is 11.8 Å². The highest BCUT2D eigenvalue weighted by Crippen LogP contribution is 2.21. The molecule has 0 amide bonds. The first-order valence-corrected chi connectivity index (χ1v) is 8.75. The van der Waals surface area contributed by atoms with E-state index in [1.807, 2.05) is 12.1 Å². The van der Waals surface area contributed by atoms with Gasteiger partial charge in [0.1, 0.15) is 4.90 Å². The fraction of sp³-hybridized carbons (Fsp3) is 0.235. The van der Waals surface area contributed by atoms with Gasteiger partial charge < -0.3 is 4.74 Å². The molecule has 122 valence electrons. The third kappa shape index (κ3) is 4.10. The fourth-order valence-electron chi connectivity index (χ4n) is 2.22. The van der Waals surface area contributed by atoms with Gasteiger partial charge in [0.25, 0.3) is 10.0 Å². The molecular formula is C17H19NO4S. The Morgan fingerprint density at radius 1 is 1.09 bits per heavy atom. The van der Waals surface area contributed by atoms with E-state index in [1.54, 1.807) is 24.3 Å². The van der Waals surface area contributed by atoms with E-state index in [0.29, 0.717) is 5.69 Å². The van der Waals surface area contributed by atoms with Crippen molar-refractivity contribution < 1.29 is 17.9 Å². The average Bonchev–Trinajstić information content (AvgIpc) is 2.56. The number of esters is 1. The maximum absolute atomic E-state index is 12.5. The first-order valence-electron chi connectivity index (χ1n) is 7.27. The molecule has 6 heteroatoms. The third-order valence-electron chi connectivity index (χ3n) is 3.33. The van der Waals surface area contributed by atoms with E-state index in [-0.39, 0.29) is 10.5 Å². The van der Waals surface area contributed by atoms with Gasteiger partial charge in [-0.2, -0.15) is 0 Å². The maximum atomic E-state index is 12.5. The highest BCUT2D eigenvalue weighted by molar-refractivity contribution is 7.92. The number of methoxy groups -OCH3 is 1. The zero-order valence-corrected chi connectivity index (χ0v) is 13.9. The molecule has 0 heterocycles. The Balaban J connectivity index is 2.30. The molecule has 0 fully saturated rings. The van der Waals surface area contributed by atoms with E-state index in [4.69, 9.17) is 0 Å². The number of benzene rings is 2. The highest BCUT2D eigenvalue weighted by atomic mass is 32.2. The molecule has 5 nitrogen and oxygen atoms in total. The molecule has 2 aromatic carbocycles. The summed E-state index contributed by atoms with van der Waals surface area (Å²) in [5, 5.41) is 0. The molecule has 2 rings (SSSR count). The van der Waals surface area contributed by atoms with Gasteiger partial charge >= 0.3 is 5.97 Å². The van der Waals surface area contributed by atoms with Crippen LogP contribution in [0.15, 0.2) is 53.4 Å². The van der Waals surface area contributed by atoms with Gasteiger partial charge in [-0.15, -0.1) is 0 Å². The summed E-state index contributed by atoms with van der Waals surface area (Å²) in [5.74, 6) is -0.690. The number of sulfonamides is 1. The van der Waals surface area contributed by atoms with Crippen LogP contribution >= 0.6 is 0 Å². The molecule has 0 bridgehead atoms. The standard InChI is InChI=1S/C17H19NO4S/c1-3-6-13-9-11-14(12-10-13)18-23(20,21)16-8-5-4-7-15(16)17(19)22-2/h4-5,7-12,18H,3,6H2,1-2H3. The predicted octanol–water partition coefficient (Wildman–Crippen LogP) is 3.23. The quantitative estimate of drug-likeness (QED) is 0.824. The average molecular weight is 333 g/mol. The number of hydrogen-bond donors (Lipinski definition) is 1. The Labute approximate surface area is 136 Å². The lowest BCUT2D eigenvalue weighted by Crippen LogP contribution is -2.17. The molecule has 0 aromatic heterocycles. The van der Waals surface area contributed by atoms with Crippen LogP contribution in [0.25, 0.3) is 0 Å². The molecule has 0 atom stereocenters. The summed E-state index contributed by atoms with van der Waals surface area (Å²) in [5.41, 5.74) is 1.60. The van der Waals surface area contributed by atoms with Gasteiger partial charge in [0, 0.05) is 5.69 Å². The second-order valence-corrected chi connectivity index (χ2v) is 6.69. The fourth-order valence-corrected chi connectivity index (χ4v) is 3.47. The Morgan fingerprint density at radius 3 is 2.35 bits per heavy atom. The van der Waals surface area contributed by atoms with E-state index < -0.39 is 16.0 Å². The molecule has 1 N–H and O–H groups in total.